The maximum Gasteiger partial charge on any atom is 0.233 e. The summed E-state index contributed by atoms with van der Waals surface area (Å²) < 4.78 is 0. The van der Waals surface area contributed by atoms with E-state index in [0.29, 0.717) is 0 Å². The molecular weight excluding hydrogens is 242 g/mol. The number of thioether (sulfide) groups is 2. The van der Waals surface area contributed by atoms with Crippen molar-refractivity contribution in [1.82, 2.24) is 5.32 Å². The normalized spacial score (nSPS) is 20.7. The van der Waals surface area contributed by atoms with Gasteiger partial charge in [0.25, 0.3) is 0 Å². The molecule has 0 bridgehead atoms. The van der Waals surface area contributed by atoms with Crippen molar-refractivity contribution in [3.05, 3.63) is 0 Å². The number of carbonyl (C=O) groups excluding carboxylic acids is 1. The van der Waals surface area contributed by atoms with Gasteiger partial charge in [0.1, 0.15) is 0 Å². The van der Waals surface area contributed by atoms with Gasteiger partial charge in [-0.25, -0.2) is 0 Å². The Bertz CT molecular complexity index is 196. The minimum atomic E-state index is 0.191. The molecule has 3 nitrogen and oxygen atoms in total. The van der Waals surface area contributed by atoms with Gasteiger partial charge in [0, 0.05) is 18.9 Å². The van der Waals surface area contributed by atoms with Crippen LogP contribution in [0.3, 0.4) is 0 Å². The maximum atomic E-state index is 11.7. The van der Waals surface area contributed by atoms with Crippen molar-refractivity contribution in [1.29, 1.82) is 0 Å². The predicted octanol–water partition coefficient (Wildman–Crippen LogP) is 1.50. The number of carbonyl (C=O) groups is 1. The van der Waals surface area contributed by atoms with Crippen molar-refractivity contribution in [2.75, 3.05) is 30.4 Å². The summed E-state index contributed by atoms with van der Waals surface area (Å²) in [6.07, 6.45) is 4.33. The summed E-state index contributed by atoms with van der Waals surface area (Å²) in [7, 11) is 0. The van der Waals surface area contributed by atoms with Crippen molar-refractivity contribution in [3.8, 4) is 0 Å². The minimum absolute atomic E-state index is 0.191. The summed E-state index contributed by atoms with van der Waals surface area (Å²) in [4.78, 5) is 11.7. The third-order valence-electron chi connectivity index (χ3n) is 2.46. The SMILES string of the molecule is O=C(NCCSCCCO)C1CCCCS1. The molecule has 0 spiro atoms. The molecule has 0 saturated carbocycles. The van der Waals surface area contributed by atoms with E-state index >= 15 is 0 Å². The molecule has 0 aliphatic carbocycles. The lowest BCUT2D eigenvalue weighted by Crippen LogP contribution is -2.35. The van der Waals surface area contributed by atoms with Gasteiger partial charge in [-0.3, -0.25) is 4.79 Å². The van der Waals surface area contributed by atoms with E-state index in [-0.39, 0.29) is 17.8 Å². The van der Waals surface area contributed by atoms with Crippen molar-refractivity contribution < 1.29 is 9.90 Å². The Balaban J connectivity index is 1.97. The van der Waals surface area contributed by atoms with Crippen LogP contribution in [0.1, 0.15) is 25.7 Å². The standard InChI is InChI=1S/C11H21NO2S2/c13-6-3-7-15-9-5-12-11(14)10-4-1-2-8-16-10/h10,13H,1-9H2,(H,12,14). The molecule has 1 fully saturated rings. The van der Waals surface area contributed by atoms with Crippen LogP contribution in [0, 0.1) is 0 Å². The Labute approximate surface area is 106 Å². The molecule has 0 aromatic carbocycles. The van der Waals surface area contributed by atoms with E-state index in [1.807, 2.05) is 0 Å². The first-order chi connectivity index (χ1) is 7.84. The molecule has 2 N–H and O–H groups in total. The topological polar surface area (TPSA) is 49.3 Å². The second-order valence-electron chi connectivity index (χ2n) is 3.84. The maximum absolute atomic E-state index is 11.7. The summed E-state index contributed by atoms with van der Waals surface area (Å²) in [5.41, 5.74) is 0. The molecule has 1 unspecified atom stereocenters. The number of hydrogen-bond donors (Lipinski definition) is 2. The smallest absolute Gasteiger partial charge is 0.233 e. The predicted molar refractivity (Wildman–Crippen MR) is 72.1 cm³/mol. The second-order valence-corrected chi connectivity index (χ2v) is 6.37. The minimum Gasteiger partial charge on any atom is -0.396 e. The molecule has 0 radical (unpaired) electrons. The van der Waals surface area contributed by atoms with Crippen LogP contribution in [0.25, 0.3) is 0 Å². The van der Waals surface area contributed by atoms with Gasteiger partial charge in [-0.15, -0.1) is 11.8 Å². The van der Waals surface area contributed by atoms with Crippen LogP contribution in [0.5, 0.6) is 0 Å². The highest BCUT2D eigenvalue weighted by Crippen LogP contribution is 2.24. The largest absolute Gasteiger partial charge is 0.396 e. The van der Waals surface area contributed by atoms with Gasteiger partial charge in [-0.05, 0) is 30.8 Å². The molecule has 0 aromatic heterocycles. The third-order valence-corrected chi connectivity index (χ3v) is 4.91. The number of aliphatic hydroxyl groups excluding tert-OH is 1. The third kappa shape index (κ3) is 6.01. The average Bonchev–Trinajstić information content (AvgIpc) is 2.34. The molecular formula is C11H21NO2S2. The highest BCUT2D eigenvalue weighted by molar-refractivity contribution is 8.00. The molecule has 1 heterocycles. The molecule has 16 heavy (non-hydrogen) atoms. The van der Waals surface area contributed by atoms with Crippen LogP contribution in [0.4, 0.5) is 0 Å². The first-order valence-corrected chi connectivity index (χ1v) is 8.13. The molecule has 1 amide bonds. The number of nitrogens with one attached hydrogen (secondary N) is 1. The summed E-state index contributed by atoms with van der Waals surface area (Å²) in [5, 5.41) is 11.8. The zero-order valence-electron chi connectivity index (χ0n) is 9.61. The number of hydrogen-bond acceptors (Lipinski definition) is 4. The molecule has 5 heteroatoms. The summed E-state index contributed by atoms with van der Waals surface area (Å²) >= 11 is 3.58. The van der Waals surface area contributed by atoms with Gasteiger partial charge >= 0.3 is 0 Å². The van der Waals surface area contributed by atoms with Crippen LogP contribution in [0.15, 0.2) is 0 Å². The molecule has 0 aromatic rings. The quantitative estimate of drug-likeness (QED) is 0.684. The van der Waals surface area contributed by atoms with Crippen molar-refractivity contribution >= 4 is 29.4 Å². The van der Waals surface area contributed by atoms with E-state index in [4.69, 9.17) is 5.11 Å². The number of aliphatic hydroxyl groups is 1. The van der Waals surface area contributed by atoms with Gasteiger partial charge in [0.05, 0.1) is 5.25 Å². The fourth-order valence-electron chi connectivity index (χ4n) is 1.58. The monoisotopic (exact) mass is 263 g/mol. The molecule has 1 aliphatic heterocycles. The molecule has 1 aliphatic rings. The number of rotatable bonds is 7. The Hall–Kier alpha value is 0.130. The average molecular weight is 263 g/mol. The summed E-state index contributed by atoms with van der Waals surface area (Å²) in [5.74, 6) is 3.27. The van der Waals surface area contributed by atoms with Gasteiger partial charge in [0.15, 0.2) is 0 Å². The second kappa shape index (κ2) is 9.19. The van der Waals surface area contributed by atoms with Crippen LogP contribution >= 0.6 is 23.5 Å². The lowest BCUT2D eigenvalue weighted by Gasteiger charge is -2.20. The fourth-order valence-corrected chi connectivity index (χ4v) is 3.58. The number of amides is 1. The Morgan fingerprint density at radius 1 is 1.44 bits per heavy atom. The summed E-state index contributed by atoms with van der Waals surface area (Å²) in [6.45, 7) is 1.02. The van der Waals surface area contributed by atoms with Crippen LogP contribution in [0.2, 0.25) is 0 Å². The van der Waals surface area contributed by atoms with Crippen LogP contribution in [-0.4, -0.2) is 46.7 Å². The van der Waals surface area contributed by atoms with Crippen LogP contribution in [-0.2, 0) is 4.79 Å². The highest BCUT2D eigenvalue weighted by atomic mass is 32.2. The van der Waals surface area contributed by atoms with E-state index in [2.05, 4.69) is 5.32 Å². The Morgan fingerprint density at radius 2 is 2.31 bits per heavy atom. The Kier molecular flexibility index (Phi) is 8.15. The van der Waals surface area contributed by atoms with Crippen molar-refractivity contribution in [2.45, 2.75) is 30.9 Å². The van der Waals surface area contributed by atoms with Crippen molar-refractivity contribution in [3.63, 3.8) is 0 Å². The lowest BCUT2D eigenvalue weighted by molar-refractivity contribution is -0.120. The zero-order chi connectivity index (χ0) is 11.6. The van der Waals surface area contributed by atoms with E-state index < -0.39 is 0 Å². The van der Waals surface area contributed by atoms with E-state index in [9.17, 15) is 4.79 Å². The molecule has 1 atom stereocenters. The molecule has 94 valence electrons. The first kappa shape index (κ1) is 14.2. The van der Waals surface area contributed by atoms with Gasteiger partial charge in [-0.2, -0.15) is 11.8 Å². The lowest BCUT2D eigenvalue weighted by atomic mass is 10.2. The van der Waals surface area contributed by atoms with E-state index in [1.54, 1.807) is 23.5 Å². The van der Waals surface area contributed by atoms with Crippen LogP contribution < -0.4 is 5.32 Å². The Morgan fingerprint density at radius 3 is 3.00 bits per heavy atom. The van der Waals surface area contributed by atoms with E-state index in [1.165, 1.54) is 12.8 Å². The fraction of sp³-hybridized carbons (Fsp3) is 0.909. The van der Waals surface area contributed by atoms with Gasteiger partial charge in [0.2, 0.25) is 5.91 Å². The van der Waals surface area contributed by atoms with E-state index in [0.717, 1.165) is 36.6 Å². The van der Waals surface area contributed by atoms with Gasteiger partial charge in [-0.1, -0.05) is 6.42 Å². The van der Waals surface area contributed by atoms with Crippen molar-refractivity contribution in [2.24, 2.45) is 0 Å². The zero-order valence-corrected chi connectivity index (χ0v) is 11.2. The molecule has 1 rings (SSSR count). The van der Waals surface area contributed by atoms with Gasteiger partial charge < -0.3 is 10.4 Å². The highest BCUT2D eigenvalue weighted by Gasteiger charge is 2.20. The first-order valence-electron chi connectivity index (χ1n) is 5.92. The molecule has 1 saturated heterocycles. The summed E-state index contributed by atoms with van der Waals surface area (Å²) in [6, 6.07) is 0.